The molecule has 0 saturated carbocycles. The van der Waals surface area contributed by atoms with Crippen molar-refractivity contribution in [3.05, 3.63) is 244 Å². The van der Waals surface area contributed by atoms with E-state index in [9.17, 15) is 75.8 Å². The molecule has 0 radical (unpaired) electrons. The first-order valence-electron chi connectivity index (χ1n) is 43.0. The van der Waals surface area contributed by atoms with Crippen molar-refractivity contribution in [2.24, 2.45) is 0 Å². The van der Waals surface area contributed by atoms with Crippen LogP contribution in [0.2, 0.25) is 0 Å². The van der Waals surface area contributed by atoms with Crippen molar-refractivity contribution in [2.45, 2.75) is 169 Å². The highest BCUT2D eigenvalue weighted by Gasteiger charge is 2.34. The van der Waals surface area contributed by atoms with Gasteiger partial charge in [-0.3, -0.25) is 4.79 Å². The van der Waals surface area contributed by atoms with E-state index in [2.05, 4.69) is 25.6 Å². The molecule has 5 atom stereocenters. The number of halogens is 16. The highest BCUT2D eigenvalue weighted by molar-refractivity contribution is 7.99. The summed E-state index contributed by atoms with van der Waals surface area (Å²) in [6, 6.07) is 45.5. The number of aliphatic hydroxyl groups excluding tert-OH is 1. The van der Waals surface area contributed by atoms with Gasteiger partial charge in [-0.05, 0) is 291 Å². The number of epoxide rings is 2. The first-order valence-corrected chi connectivity index (χ1v) is 47.0. The fourth-order valence-electron chi connectivity index (χ4n) is 10.7. The predicted molar refractivity (Wildman–Crippen MR) is 501 cm³/mol. The number of Topliss-reactive ketones (excluding diaryl/α,β-unsaturated/α-hetero) is 1. The number of carbonyl (C=O) groups excluding carboxylic acids is 7. The van der Waals surface area contributed by atoms with E-state index in [4.69, 9.17) is 107 Å². The molecule has 3 heterocycles. The summed E-state index contributed by atoms with van der Waals surface area (Å²) in [6.07, 6.45) is -17.1. The molecule has 0 bridgehead atoms. The summed E-state index contributed by atoms with van der Waals surface area (Å²) >= 11 is 14.2. The summed E-state index contributed by atoms with van der Waals surface area (Å²) in [6.45, 7) is 24.4. The van der Waals surface area contributed by atoms with Gasteiger partial charge in [0.2, 0.25) is 0 Å². The van der Waals surface area contributed by atoms with Crippen LogP contribution in [0.5, 0.6) is 51.7 Å². The molecule has 0 unspecified atom stereocenters. The number of thioether (sulfide) groups is 3. The molecule has 9 aromatic rings. The molecule has 0 aromatic heterocycles. The predicted octanol–water partition coefficient (Wildman–Crippen LogP) is 24.1. The second-order valence-corrected chi connectivity index (χ2v) is 33.5. The molecule has 0 amide bonds. The molecule has 3 saturated heterocycles. The summed E-state index contributed by atoms with van der Waals surface area (Å²) in [4.78, 5) is 63.5. The van der Waals surface area contributed by atoms with Crippen LogP contribution in [0.4, 0.5) is 65.9 Å². The first kappa shape index (κ1) is 126. The van der Waals surface area contributed by atoms with E-state index in [-0.39, 0.29) is 74.7 Å². The number of ketones is 1. The molecule has 0 aliphatic carbocycles. The lowest BCUT2D eigenvalue weighted by molar-refractivity contribution is -0.193. The number of phenols is 1. The lowest BCUT2D eigenvalue weighted by Gasteiger charge is -2.18. The van der Waals surface area contributed by atoms with Gasteiger partial charge in [-0.2, -0.15) is 94.6 Å². The fraction of sp³-hybridized carbons (Fsp3) is 0.414. The summed E-state index contributed by atoms with van der Waals surface area (Å²) in [7, 11) is 1.64. The van der Waals surface area contributed by atoms with E-state index in [1.807, 2.05) is 115 Å². The van der Waals surface area contributed by atoms with Crippen molar-refractivity contribution >= 4 is 83.8 Å². The number of hydrogen-bond acceptors (Lipinski definition) is 26. The number of aryl methyl sites for hydroxylation is 4. The van der Waals surface area contributed by atoms with E-state index >= 15 is 0 Å². The molecule has 9 aromatic carbocycles. The van der Waals surface area contributed by atoms with E-state index in [1.54, 1.807) is 30.6 Å². The van der Waals surface area contributed by atoms with Crippen molar-refractivity contribution in [3.63, 3.8) is 0 Å². The van der Waals surface area contributed by atoms with E-state index in [1.165, 1.54) is 80.1 Å². The van der Waals surface area contributed by atoms with Crippen LogP contribution in [0.15, 0.2) is 214 Å². The van der Waals surface area contributed by atoms with Gasteiger partial charge in [-0.1, -0.05) is 13.8 Å². The molecule has 0 spiro atoms. The summed E-state index contributed by atoms with van der Waals surface area (Å²) in [5.41, 5.74) is 0.622. The number of methoxy groups -OCH3 is 1. The molecule has 3 aliphatic rings. The maximum atomic E-state index is 12.6. The van der Waals surface area contributed by atoms with Gasteiger partial charge < -0.3 is 71.8 Å². The highest BCUT2D eigenvalue weighted by Crippen LogP contribution is 2.38. The largest absolute Gasteiger partial charge is 0.508 e. The van der Waals surface area contributed by atoms with E-state index in [0.717, 1.165) is 170 Å². The van der Waals surface area contributed by atoms with Gasteiger partial charge >= 0.3 is 49.3 Å². The van der Waals surface area contributed by atoms with Gasteiger partial charge in [0.1, 0.15) is 103 Å². The Balaban J connectivity index is 0.000000563. The minimum Gasteiger partial charge on any atom is -0.508 e. The number of carbonyl (C=O) groups is 1. The Labute approximate surface area is 831 Å². The smallest absolute Gasteiger partial charge is 0.416 e. The molecule has 776 valence electrons. The van der Waals surface area contributed by atoms with Crippen molar-refractivity contribution < 1.29 is 171 Å². The van der Waals surface area contributed by atoms with Crippen LogP contribution in [0.25, 0.3) is 0 Å². The Kier molecular flexibility index (Phi) is 62.2. The number of thiol groups is 1. The SMILES string of the molecule is C1CCOC1.CC(=O)COc1ccc(S)cc1C.CCCOc1ccc(SC[C@@H](COc2ccc(C(F)(F)F)cc2)OCC)cc1C.CCCOc1ccc(SC[C@H](O)COc2ccc(C(F)(F)F)cc2)cc1C.CCO[C@H](COc1ccc(C(F)(F)F)cc1)CSc1ccc(OC)c(C)c1.ClC[C@@H]1CO1.FC(F)(F)c1ccc(OC[C@@H]2CO2)cc1.O=C=O.O=C=O.O=C=O.Oc1ccc(C(F)(F)F)cc1. The highest BCUT2D eigenvalue weighted by atomic mass is 35.5. The number of ether oxygens (including phenoxy) is 13. The Hall–Kier alpha value is -10.6. The number of hydrogen-bond donors (Lipinski definition) is 3. The maximum Gasteiger partial charge on any atom is 0.416 e. The zero-order valence-electron chi connectivity index (χ0n) is 78.5. The number of aliphatic hydroxyl groups is 1. The normalized spacial score (nSPS) is 13.6. The molecule has 22 nitrogen and oxygen atoms in total. The number of benzene rings is 9. The Bertz CT molecular complexity index is 5020. The molecule has 42 heteroatoms. The van der Waals surface area contributed by atoms with Crippen LogP contribution >= 0.6 is 59.5 Å². The van der Waals surface area contributed by atoms with Crippen LogP contribution < -0.4 is 37.9 Å². The van der Waals surface area contributed by atoms with Gasteiger partial charge in [0.25, 0.3) is 0 Å². The number of phenolic OH excluding ortho intramolecular Hbond substituents is 1. The summed E-state index contributed by atoms with van der Waals surface area (Å²) in [5, 5.41) is 18.7. The van der Waals surface area contributed by atoms with Crippen LogP contribution in [-0.4, -0.2) is 181 Å². The second kappa shape index (κ2) is 69.3. The summed E-state index contributed by atoms with van der Waals surface area (Å²) in [5.74, 6) is 7.10. The van der Waals surface area contributed by atoms with Crippen LogP contribution in [0, 0.1) is 27.7 Å². The third kappa shape index (κ3) is 57.9. The van der Waals surface area contributed by atoms with Crippen LogP contribution in [0.3, 0.4) is 0 Å². The van der Waals surface area contributed by atoms with Crippen LogP contribution in [0.1, 0.15) is 110 Å². The zero-order valence-corrected chi connectivity index (χ0v) is 82.6. The summed E-state index contributed by atoms with van der Waals surface area (Å²) < 4.78 is 255. The number of alkyl halides is 16. The van der Waals surface area contributed by atoms with Gasteiger partial charge in [0.15, 0.2) is 5.78 Å². The van der Waals surface area contributed by atoms with E-state index in [0.29, 0.717) is 91.9 Å². The molecule has 12 rings (SSSR count). The molecule has 3 aliphatic heterocycles. The van der Waals surface area contributed by atoms with Gasteiger partial charge in [-0.25, -0.2) is 0 Å². The average Bonchev–Trinajstić information content (AvgIpc) is 1.20. The van der Waals surface area contributed by atoms with Crippen LogP contribution in [-0.2, 0) is 88.1 Å². The Morgan fingerprint density at radius 1 is 0.433 bits per heavy atom. The fourth-order valence-corrected chi connectivity index (χ4v) is 14.0. The van der Waals surface area contributed by atoms with Crippen molar-refractivity contribution in [3.8, 4) is 51.7 Å². The second-order valence-electron chi connectivity index (χ2n) is 29.4. The van der Waals surface area contributed by atoms with Crippen molar-refractivity contribution in [1.82, 2.24) is 0 Å². The first-order chi connectivity index (χ1) is 66.8. The molecule has 2 N–H and O–H groups in total. The quantitative estimate of drug-likeness (QED) is 0.0108. The maximum absolute atomic E-state index is 12.6. The zero-order chi connectivity index (χ0) is 106. The van der Waals surface area contributed by atoms with Gasteiger partial charge in [0.05, 0.1) is 79.4 Å². The third-order valence-electron chi connectivity index (χ3n) is 17.8. The average molecular weight is 2100 g/mol. The lowest BCUT2D eigenvalue weighted by atomic mass is 10.2. The Morgan fingerprint density at radius 3 is 1.01 bits per heavy atom. The topological polar surface area (TPSA) is 287 Å². The number of rotatable bonds is 36. The lowest BCUT2D eigenvalue weighted by Crippen LogP contribution is -2.24. The standard InChI is InChI=1S/C22H27F3O3S.2C20H23F3O3S.C10H9F3O2.C10H12O2S.C7H5F3O.C4H8O.C3H5ClO.3CO2/c1-4-12-27-21-11-10-20(13-16(21)3)29-15-19(26-5-2)14-28-18-8-6-17(7-9-18)22(23,24)25;1-4-25-17(13-27-18-9-10-19(24-3)14(2)11-18)12-26-16-7-5-15(6-8-16)20(21,22)23;1-3-10-25-19-9-8-18(11-14(19)2)27-13-16(24)12-26-17-6-4-15(5-7-17)20(21,22)23;11-10(12,13)7-1-3-8(4-2-7)14-5-9-6-15-9;1-7-5-9(13)3-4-10(7)12-6-8(2)11;8-7(9,10)5-1-3-6(11)4-2-5;1-2-4-5-3-1;4-1-3-2-5-3;3*2-1-3/h6-11,13,19H,4-5,12,14-15H2,1-3H3;5-11,17H,4,12-13H2,1-3H3;4-9,11,16,24H,3,10,12-13H2,1-2H3;1-4,9H,5-6H2;3-5,13H,6H2,1-2H3;1-4,11H;1-4H2;3H,1-2H2;;;/t19-;17-;16-;9-;;;;3-;;;/m1111...1.../s1. The third-order valence-corrected chi connectivity index (χ3v) is 21.8. The Morgan fingerprint density at radius 2 is 0.738 bits per heavy atom. The monoisotopic (exact) mass is 2100 g/mol. The molecular formula is C99H112ClF15O22S4. The molecule has 141 heavy (non-hydrogen) atoms. The van der Waals surface area contributed by atoms with E-state index < -0.39 is 64.8 Å². The van der Waals surface area contributed by atoms with Gasteiger partial charge in [0, 0.05) is 63.3 Å². The minimum atomic E-state index is -4.37. The van der Waals surface area contributed by atoms with Crippen molar-refractivity contribution in [1.29, 1.82) is 0 Å². The number of aromatic hydroxyl groups is 1. The van der Waals surface area contributed by atoms with Gasteiger partial charge in [-0.15, -0.1) is 59.5 Å². The van der Waals surface area contributed by atoms with Crippen molar-refractivity contribution in [2.75, 3.05) is 116 Å². The molecular weight excluding hydrogens is 1990 g/mol. The minimum absolute atomic E-state index is 0.00897. The molecule has 3 fully saturated rings.